The molecular weight excluding hydrogens is 418 g/mol. The summed E-state index contributed by atoms with van der Waals surface area (Å²) in [7, 11) is 0. The molecular formula is C26H35N3O4. The molecule has 0 bridgehead atoms. The molecule has 7 nitrogen and oxygen atoms in total. The molecule has 3 amide bonds. The predicted molar refractivity (Wildman–Crippen MR) is 130 cm³/mol. The Morgan fingerprint density at radius 3 is 1.82 bits per heavy atom. The average Bonchev–Trinajstić information content (AvgIpc) is 2.84. The van der Waals surface area contributed by atoms with Gasteiger partial charge in [0, 0.05) is 23.2 Å². The van der Waals surface area contributed by atoms with Crippen LogP contribution >= 0.6 is 0 Å². The third-order valence-electron chi connectivity index (χ3n) is 5.11. The van der Waals surface area contributed by atoms with E-state index in [2.05, 4.69) is 23.1 Å². The Balaban J connectivity index is 1.74. The van der Waals surface area contributed by atoms with Crippen molar-refractivity contribution in [1.29, 1.82) is 0 Å². The molecule has 0 spiro atoms. The summed E-state index contributed by atoms with van der Waals surface area (Å²) in [5, 5.41) is 2.79. The molecule has 0 atom stereocenters. The van der Waals surface area contributed by atoms with Crippen LogP contribution in [0.15, 0.2) is 48.5 Å². The van der Waals surface area contributed by atoms with E-state index in [0.717, 1.165) is 25.7 Å². The summed E-state index contributed by atoms with van der Waals surface area (Å²) < 4.78 is 5.70. The average molecular weight is 454 g/mol. The van der Waals surface area contributed by atoms with Gasteiger partial charge in [0.2, 0.25) is 5.91 Å². The first-order chi connectivity index (χ1) is 16.0. The van der Waals surface area contributed by atoms with Gasteiger partial charge >= 0.3 is 0 Å². The van der Waals surface area contributed by atoms with Crippen molar-refractivity contribution in [3.8, 4) is 5.75 Å². The zero-order valence-electron chi connectivity index (χ0n) is 19.6. The van der Waals surface area contributed by atoms with E-state index < -0.39 is 11.8 Å². The fraction of sp³-hybridized carbons (Fsp3) is 0.423. The van der Waals surface area contributed by atoms with E-state index in [1.165, 1.54) is 19.3 Å². The van der Waals surface area contributed by atoms with E-state index in [1.807, 2.05) is 6.92 Å². The lowest BCUT2D eigenvalue weighted by Gasteiger charge is -2.10. The second kappa shape index (κ2) is 14.7. The number of amides is 3. The van der Waals surface area contributed by atoms with Crippen LogP contribution in [0, 0.1) is 0 Å². The van der Waals surface area contributed by atoms with E-state index in [9.17, 15) is 14.4 Å². The summed E-state index contributed by atoms with van der Waals surface area (Å²) in [5.74, 6) is -0.206. The van der Waals surface area contributed by atoms with Crippen LogP contribution in [0.3, 0.4) is 0 Å². The van der Waals surface area contributed by atoms with Crippen molar-refractivity contribution in [3.63, 3.8) is 0 Å². The Morgan fingerprint density at radius 1 is 0.697 bits per heavy atom. The SMILES string of the molecule is CCCCCCCOc1ccc(C(=O)NNC(=O)c2ccc(NC(=O)CCCC)cc2)cc1. The first-order valence-corrected chi connectivity index (χ1v) is 11.8. The van der Waals surface area contributed by atoms with Gasteiger partial charge in [0.05, 0.1) is 6.61 Å². The van der Waals surface area contributed by atoms with Crippen LogP contribution in [-0.2, 0) is 4.79 Å². The molecule has 2 rings (SSSR count). The van der Waals surface area contributed by atoms with Crippen LogP contribution in [0.5, 0.6) is 5.75 Å². The molecule has 7 heteroatoms. The summed E-state index contributed by atoms with van der Waals surface area (Å²) in [6.45, 7) is 4.88. The minimum absolute atomic E-state index is 0.0512. The second-order valence-corrected chi connectivity index (χ2v) is 7.92. The molecule has 2 aromatic rings. The first-order valence-electron chi connectivity index (χ1n) is 11.8. The van der Waals surface area contributed by atoms with Crippen LogP contribution in [0.2, 0.25) is 0 Å². The highest BCUT2D eigenvalue weighted by atomic mass is 16.5. The number of nitrogens with one attached hydrogen (secondary N) is 3. The Bertz CT molecular complexity index is 879. The van der Waals surface area contributed by atoms with Gasteiger partial charge in [-0.05, 0) is 61.4 Å². The summed E-state index contributed by atoms with van der Waals surface area (Å²) in [6.07, 6.45) is 8.13. The number of hydrazine groups is 1. The number of unbranched alkanes of at least 4 members (excludes halogenated alkanes) is 5. The largest absolute Gasteiger partial charge is 0.494 e. The fourth-order valence-corrected chi connectivity index (χ4v) is 3.12. The summed E-state index contributed by atoms with van der Waals surface area (Å²) >= 11 is 0. The topological polar surface area (TPSA) is 96.5 Å². The van der Waals surface area contributed by atoms with Crippen molar-refractivity contribution in [2.75, 3.05) is 11.9 Å². The van der Waals surface area contributed by atoms with Gasteiger partial charge in [0.15, 0.2) is 0 Å². The normalized spacial score (nSPS) is 10.4. The molecule has 0 fully saturated rings. The van der Waals surface area contributed by atoms with Crippen molar-refractivity contribution >= 4 is 23.4 Å². The van der Waals surface area contributed by atoms with Gasteiger partial charge in [-0.15, -0.1) is 0 Å². The van der Waals surface area contributed by atoms with Crippen LogP contribution in [0.1, 0.15) is 85.9 Å². The van der Waals surface area contributed by atoms with Crippen LogP contribution < -0.4 is 20.9 Å². The van der Waals surface area contributed by atoms with Gasteiger partial charge < -0.3 is 10.1 Å². The highest BCUT2D eigenvalue weighted by molar-refractivity contribution is 5.99. The van der Waals surface area contributed by atoms with Gasteiger partial charge in [0.25, 0.3) is 11.8 Å². The first kappa shape index (κ1) is 25.9. The lowest BCUT2D eigenvalue weighted by molar-refractivity contribution is -0.116. The van der Waals surface area contributed by atoms with E-state index in [-0.39, 0.29) is 5.91 Å². The van der Waals surface area contributed by atoms with Crippen molar-refractivity contribution < 1.29 is 19.1 Å². The summed E-state index contributed by atoms with van der Waals surface area (Å²) in [4.78, 5) is 36.4. The second-order valence-electron chi connectivity index (χ2n) is 7.92. The third-order valence-corrected chi connectivity index (χ3v) is 5.11. The lowest BCUT2D eigenvalue weighted by Crippen LogP contribution is -2.41. The van der Waals surface area contributed by atoms with E-state index >= 15 is 0 Å². The molecule has 0 saturated carbocycles. The maximum absolute atomic E-state index is 12.3. The number of hydrogen-bond donors (Lipinski definition) is 3. The lowest BCUT2D eigenvalue weighted by atomic mass is 10.2. The maximum atomic E-state index is 12.3. The zero-order valence-corrected chi connectivity index (χ0v) is 19.6. The minimum Gasteiger partial charge on any atom is -0.494 e. The molecule has 0 heterocycles. The monoisotopic (exact) mass is 453 g/mol. The summed E-state index contributed by atoms with van der Waals surface area (Å²) in [6, 6.07) is 13.3. The predicted octanol–water partition coefficient (Wildman–Crippen LogP) is 5.24. The molecule has 0 radical (unpaired) electrons. The van der Waals surface area contributed by atoms with Gasteiger partial charge in [-0.25, -0.2) is 0 Å². The molecule has 0 unspecified atom stereocenters. The van der Waals surface area contributed by atoms with E-state index in [1.54, 1.807) is 48.5 Å². The quantitative estimate of drug-likeness (QED) is 0.285. The Kier molecular flexibility index (Phi) is 11.5. The number of rotatable bonds is 13. The standard InChI is InChI=1S/C26H35N3O4/c1-3-5-7-8-9-19-33-23-17-13-21(14-18-23)26(32)29-28-25(31)20-11-15-22(16-12-20)27-24(30)10-6-4-2/h11-18H,3-10,19H2,1-2H3,(H,27,30)(H,28,31)(H,29,32). The molecule has 33 heavy (non-hydrogen) atoms. The number of anilines is 1. The van der Waals surface area contributed by atoms with Gasteiger partial charge in [0.1, 0.15) is 5.75 Å². The molecule has 0 aliphatic carbocycles. The van der Waals surface area contributed by atoms with Crippen molar-refractivity contribution in [3.05, 3.63) is 59.7 Å². The van der Waals surface area contributed by atoms with Crippen molar-refractivity contribution in [2.24, 2.45) is 0 Å². The van der Waals surface area contributed by atoms with E-state index in [0.29, 0.717) is 35.6 Å². The number of carbonyl (C=O) groups excluding carboxylic acids is 3. The third kappa shape index (κ3) is 9.76. The highest BCUT2D eigenvalue weighted by Crippen LogP contribution is 2.14. The molecule has 3 N–H and O–H groups in total. The highest BCUT2D eigenvalue weighted by Gasteiger charge is 2.10. The Hall–Kier alpha value is -3.35. The molecule has 0 aliphatic heterocycles. The Labute approximate surface area is 196 Å². The molecule has 0 saturated heterocycles. The van der Waals surface area contributed by atoms with Crippen LogP contribution in [0.4, 0.5) is 5.69 Å². The molecule has 0 aromatic heterocycles. The number of hydrogen-bond acceptors (Lipinski definition) is 4. The maximum Gasteiger partial charge on any atom is 0.269 e. The molecule has 178 valence electrons. The van der Waals surface area contributed by atoms with Gasteiger partial charge in [-0.2, -0.15) is 0 Å². The van der Waals surface area contributed by atoms with Crippen LogP contribution in [0.25, 0.3) is 0 Å². The molecule has 0 aliphatic rings. The molecule has 2 aromatic carbocycles. The Morgan fingerprint density at radius 2 is 1.24 bits per heavy atom. The van der Waals surface area contributed by atoms with E-state index in [4.69, 9.17) is 4.74 Å². The van der Waals surface area contributed by atoms with Crippen LogP contribution in [-0.4, -0.2) is 24.3 Å². The van der Waals surface area contributed by atoms with Gasteiger partial charge in [-0.3, -0.25) is 25.2 Å². The fourth-order valence-electron chi connectivity index (χ4n) is 3.12. The smallest absolute Gasteiger partial charge is 0.269 e. The zero-order chi connectivity index (χ0) is 23.9. The minimum atomic E-state index is -0.449. The van der Waals surface area contributed by atoms with Crippen molar-refractivity contribution in [2.45, 2.75) is 65.2 Å². The number of ether oxygens (including phenoxy) is 1. The van der Waals surface area contributed by atoms with Gasteiger partial charge in [-0.1, -0.05) is 46.0 Å². The number of benzene rings is 2. The summed E-state index contributed by atoms with van der Waals surface area (Å²) in [5.41, 5.74) is 6.21. The van der Waals surface area contributed by atoms with Crippen molar-refractivity contribution in [1.82, 2.24) is 10.9 Å². The number of carbonyl (C=O) groups is 3.